The van der Waals surface area contributed by atoms with Crippen molar-refractivity contribution >= 4 is 10.9 Å². The minimum absolute atomic E-state index is 0.274. The van der Waals surface area contributed by atoms with Gasteiger partial charge in [0.15, 0.2) is 0 Å². The molecule has 0 amide bonds. The van der Waals surface area contributed by atoms with E-state index in [-0.39, 0.29) is 5.39 Å². The second-order valence-corrected chi connectivity index (χ2v) is 3.46. The average molecular weight is 243 g/mol. The van der Waals surface area contributed by atoms with E-state index in [4.69, 9.17) is 4.74 Å². The summed E-state index contributed by atoms with van der Waals surface area (Å²) in [4.78, 5) is 13.4. The third-order valence-electron chi connectivity index (χ3n) is 2.36. The first kappa shape index (κ1) is 11.5. The number of alkyl halides is 3. The molecule has 0 unspecified atom stereocenters. The Balaban J connectivity index is 2.73. The van der Waals surface area contributed by atoms with E-state index < -0.39 is 17.3 Å². The Morgan fingerprint density at radius 3 is 2.53 bits per heavy atom. The van der Waals surface area contributed by atoms with E-state index >= 15 is 0 Å². The van der Waals surface area contributed by atoms with Gasteiger partial charge in [0.1, 0.15) is 11.3 Å². The normalized spacial score (nSPS) is 11.8. The summed E-state index contributed by atoms with van der Waals surface area (Å²) < 4.78 is 42.4. The Kier molecular flexibility index (Phi) is 2.57. The molecular formula is C11H8F3NO2. The van der Waals surface area contributed by atoms with Gasteiger partial charge in [-0.1, -0.05) is 0 Å². The van der Waals surface area contributed by atoms with Crippen molar-refractivity contribution in [3.05, 3.63) is 40.2 Å². The van der Waals surface area contributed by atoms with Gasteiger partial charge in [-0.3, -0.25) is 4.79 Å². The summed E-state index contributed by atoms with van der Waals surface area (Å²) in [5.74, 6) is 0.428. The molecule has 0 saturated carbocycles. The molecule has 0 bridgehead atoms. The highest BCUT2D eigenvalue weighted by Gasteiger charge is 2.34. The summed E-state index contributed by atoms with van der Waals surface area (Å²) in [6.45, 7) is 0. The molecule has 0 aliphatic rings. The van der Waals surface area contributed by atoms with E-state index in [1.54, 1.807) is 6.07 Å². The van der Waals surface area contributed by atoms with Crippen molar-refractivity contribution in [2.75, 3.05) is 7.11 Å². The smallest absolute Gasteiger partial charge is 0.421 e. The number of aromatic nitrogens is 1. The highest BCUT2D eigenvalue weighted by Crippen LogP contribution is 2.28. The molecule has 0 aliphatic carbocycles. The molecular weight excluding hydrogens is 235 g/mol. The Morgan fingerprint density at radius 2 is 1.94 bits per heavy atom. The molecule has 0 spiro atoms. The molecule has 1 aromatic heterocycles. The van der Waals surface area contributed by atoms with Crippen LogP contribution in [0.5, 0.6) is 5.75 Å². The van der Waals surface area contributed by atoms with Crippen molar-refractivity contribution in [3.63, 3.8) is 0 Å². The number of hydrogen-bond acceptors (Lipinski definition) is 2. The number of methoxy groups -OCH3 is 1. The van der Waals surface area contributed by atoms with E-state index in [2.05, 4.69) is 4.98 Å². The average Bonchev–Trinajstić information content (AvgIpc) is 2.26. The number of benzene rings is 1. The van der Waals surface area contributed by atoms with Crippen LogP contribution in [0.4, 0.5) is 13.2 Å². The Bertz CT molecular complexity index is 616. The van der Waals surface area contributed by atoms with E-state index in [9.17, 15) is 18.0 Å². The van der Waals surface area contributed by atoms with Gasteiger partial charge in [0.05, 0.1) is 7.11 Å². The molecule has 1 heterocycles. The van der Waals surface area contributed by atoms with Crippen LogP contribution in [-0.2, 0) is 6.18 Å². The third-order valence-corrected chi connectivity index (χ3v) is 2.36. The van der Waals surface area contributed by atoms with E-state index in [0.717, 1.165) is 6.07 Å². The molecule has 0 aliphatic heterocycles. The van der Waals surface area contributed by atoms with Crippen molar-refractivity contribution in [2.24, 2.45) is 0 Å². The number of nitrogens with one attached hydrogen (secondary N) is 1. The van der Waals surface area contributed by atoms with Gasteiger partial charge in [0.2, 0.25) is 0 Å². The van der Waals surface area contributed by atoms with E-state index in [0.29, 0.717) is 11.3 Å². The summed E-state index contributed by atoms with van der Waals surface area (Å²) >= 11 is 0. The molecule has 0 radical (unpaired) electrons. The molecule has 1 N–H and O–H groups in total. The molecule has 0 fully saturated rings. The van der Waals surface area contributed by atoms with Gasteiger partial charge in [-0.2, -0.15) is 13.2 Å². The SMILES string of the molecule is COc1ccc2[nH]c(=O)c(C(F)(F)F)cc2c1. The predicted octanol–water partition coefficient (Wildman–Crippen LogP) is 2.56. The minimum atomic E-state index is -4.66. The monoisotopic (exact) mass is 243 g/mol. The molecule has 3 nitrogen and oxygen atoms in total. The number of hydrogen-bond donors (Lipinski definition) is 1. The number of rotatable bonds is 1. The number of fused-ring (bicyclic) bond motifs is 1. The molecule has 2 rings (SSSR count). The van der Waals surface area contributed by atoms with Crippen LogP contribution in [0, 0.1) is 0 Å². The van der Waals surface area contributed by atoms with Gasteiger partial charge in [0, 0.05) is 10.9 Å². The molecule has 1 aromatic carbocycles. The van der Waals surface area contributed by atoms with Gasteiger partial charge in [-0.05, 0) is 24.3 Å². The quantitative estimate of drug-likeness (QED) is 0.836. The standard InChI is InChI=1S/C11H8F3NO2/c1-17-7-2-3-9-6(4-7)5-8(10(16)15-9)11(12,13)14/h2-5H,1H3,(H,15,16). The maximum atomic E-state index is 12.5. The Morgan fingerprint density at radius 1 is 1.24 bits per heavy atom. The molecule has 90 valence electrons. The van der Waals surface area contributed by atoms with Gasteiger partial charge in [-0.15, -0.1) is 0 Å². The summed E-state index contributed by atoms with van der Waals surface area (Å²) in [5, 5.41) is 0.274. The van der Waals surface area contributed by atoms with Crippen LogP contribution in [0.1, 0.15) is 5.56 Å². The van der Waals surface area contributed by atoms with Gasteiger partial charge in [0.25, 0.3) is 5.56 Å². The first-order valence-electron chi connectivity index (χ1n) is 4.70. The maximum absolute atomic E-state index is 12.5. The lowest BCUT2D eigenvalue weighted by molar-refractivity contribution is -0.138. The van der Waals surface area contributed by atoms with Crippen molar-refractivity contribution in [2.45, 2.75) is 6.18 Å². The van der Waals surface area contributed by atoms with E-state index in [1.165, 1.54) is 19.2 Å². The van der Waals surface area contributed by atoms with Crippen molar-refractivity contribution < 1.29 is 17.9 Å². The number of halogens is 3. The fourth-order valence-electron chi connectivity index (χ4n) is 1.52. The number of pyridine rings is 1. The van der Waals surface area contributed by atoms with Crippen LogP contribution in [0.25, 0.3) is 10.9 Å². The number of H-pyrrole nitrogens is 1. The lowest BCUT2D eigenvalue weighted by Gasteiger charge is -2.07. The van der Waals surface area contributed by atoms with Crippen LogP contribution < -0.4 is 10.3 Å². The molecule has 0 atom stereocenters. The highest BCUT2D eigenvalue weighted by atomic mass is 19.4. The topological polar surface area (TPSA) is 42.1 Å². The van der Waals surface area contributed by atoms with Gasteiger partial charge in [-0.25, -0.2) is 0 Å². The first-order valence-corrected chi connectivity index (χ1v) is 4.70. The Labute approximate surface area is 93.8 Å². The van der Waals surface area contributed by atoms with Crippen molar-refractivity contribution in [1.82, 2.24) is 4.98 Å². The third kappa shape index (κ3) is 2.11. The first-order chi connectivity index (χ1) is 7.91. The summed E-state index contributed by atoms with van der Waals surface area (Å²) in [6, 6.07) is 5.30. The van der Waals surface area contributed by atoms with Gasteiger partial charge < -0.3 is 9.72 Å². The fourth-order valence-corrected chi connectivity index (χ4v) is 1.52. The largest absolute Gasteiger partial charge is 0.497 e. The molecule has 6 heteroatoms. The zero-order chi connectivity index (χ0) is 12.6. The Hall–Kier alpha value is -1.98. The molecule has 0 saturated heterocycles. The van der Waals surface area contributed by atoms with Crippen LogP contribution in [0.2, 0.25) is 0 Å². The predicted molar refractivity (Wildman–Crippen MR) is 56.1 cm³/mol. The fraction of sp³-hybridized carbons (Fsp3) is 0.182. The maximum Gasteiger partial charge on any atom is 0.421 e. The second-order valence-electron chi connectivity index (χ2n) is 3.46. The van der Waals surface area contributed by atoms with Crippen LogP contribution in [-0.4, -0.2) is 12.1 Å². The number of ether oxygens (including phenoxy) is 1. The highest BCUT2D eigenvalue weighted by molar-refractivity contribution is 5.80. The minimum Gasteiger partial charge on any atom is -0.497 e. The zero-order valence-corrected chi connectivity index (χ0v) is 8.76. The number of aromatic amines is 1. The molecule has 2 aromatic rings. The van der Waals surface area contributed by atoms with Crippen LogP contribution in [0.15, 0.2) is 29.1 Å². The summed E-state index contributed by atoms with van der Waals surface area (Å²) in [5.41, 5.74) is -2.02. The van der Waals surface area contributed by atoms with Crippen LogP contribution in [0.3, 0.4) is 0 Å². The van der Waals surface area contributed by atoms with E-state index in [1.807, 2.05) is 0 Å². The second kappa shape index (κ2) is 3.80. The van der Waals surface area contributed by atoms with Crippen molar-refractivity contribution in [1.29, 1.82) is 0 Å². The lowest BCUT2D eigenvalue weighted by Crippen LogP contribution is -2.21. The summed E-state index contributed by atoms with van der Waals surface area (Å²) in [6.07, 6.45) is -4.66. The zero-order valence-electron chi connectivity index (χ0n) is 8.76. The van der Waals surface area contributed by atoms with Crippen molar-refractivity contribution in [3.8, 4) is 5.75 Å². The molecule has 17 heavy (non-hydrogen) atoms. The van der Waals surface area contributed by atoms with Crippen LogP contribution >= 0.6 is 0 Å². The summed E-state index contributed by atoms with van der Waals surface area (Å²) in [7, 11) is 1.41. The van der Waals surface area contributed by atoms with Gasteiger partial charge >= 0.3 is 6.18 Å². The lowest BCUT2D eigenvalue weighted by atomic mass is 10.1.